The zero-order valence-corrected chi connectivity index (χ0v) is 12.2. The Kier molecular flexibility index (Phi) is 4.19. The average Bonchev–Trinajstić information content (AvgIpc) is 2.48. The fourth-order valence-electron chi connectivity index (χ4n) is 1.70. The Morgan fingerprint density at radius 2 is 2.05 bits per heavy atom. The first-order valence-electron chi connectivity index (χ1n) is 5.98. The van der Waals surface area contributed by atoms with Crippen molar-refractivity contribution in [1.29, 1.82) is 5.26 Å². The molecule has 0 aliphatic rings. The van der Waals surface area contributed by atoms with Gasteiger partial charge in [0.05, 0.1) is 16.1 Å². The normalized spacial score (nSPS) is 10.8. The SMILES string of the molecule is CS(=O)(=O)c1cc(F)ccc1NC(=O)c1ccc(C#N)nc1. The number of hydrogen-bond donors (Lipinski definition) is 1. The molecule has 1 N–H and O–H groups in total. The van der Waals surface area contributed by atoms with E-state index in [-0.39, 0.29) is 21.8 Å². The van der Waals surface area contributed by atoms with Gasteiger partial charge in [-0.2, -0.15) is 5.26 Å². The Hall–Kier alpha value is -2.79. The number of anilines is 1. The lowest BCUT2D eigenvalue weighted by atomic mass is 10.2. The summed E-state index contributed by atoms with van der Waals surface area (Å²) in [6, 6.07) is 7.60. The quantitative estimate of drug-likeness (QED) is 0.929. The van der Waals surface area contributed by atoms with Gasteiger partial charge in [0.2, 0.25) is 0 Å². The van der Waals surface area contributed by atoms with Crippen molar-refractivity contribution in [3.05, 3.63) is 53.6 Å². The van der Waals surface area contributed by atoms with E-state index in [1.54, 1.807) is 0 Å². The highest BCUT2D eigenvalue weighted by atomic mass is 32.2. The van der Waals surface area contributed by atoms with Gasteiger partial charge in [-0.25, -0.2) is 17.8 Å². The maximum atomic E-state index is 13.2. The highest BCUT2D eigenvalue weighted by Crippen LogP contribution is 2.23. The lowest BCUT2D eigenvalue weighted by Gasteiger charge is -2.10. The molecule has 2 rings (SSSR count). The van der Waals surface area contributed by atoms with Crippen LogP contribution in [0.25, 0.3) is 0 Å². The smallest absolute Gasteiger partial charge is 0.257 e. The molecule has 0 fully saturated rings. The largest absolute Gasteiger partial charge is 0.321 e. The van der Waals surface area contributed by atoms with Gasteiger partial charge in [0.15, 0.2) is 9.84 Å². The van der Waals surface area contributed by atoms with Crippen molar-refractivity contribution in [2.45, 2.75) is 4.90 Å². The number of carbonyl (C=O) groups excluding carboxylic acids is 1. The van der Waals surface area contributed by atoms with Crippen LogP contribution in [0.4, 0.5) is 10.1 Å². The predicted molar refractivity (Wildman–Crippen MR) is 76.4 cm³/mol. The van der Waals surface area contributed by atoms with Gasteiger partial charge < -0.3 is 5.32 Å². The van der Waals surface area contributed by atoms with Crippen LogP contribution in [0.1, 0.15) is 16.1 Å². The van der Waals surface area contributed by atoms with Gasteiger partial charge in [-0.3, -0.25) is 4.79 Å². The molecular weight excluding hydrogens is 309 g/mol. The van der Waals surface area contributed by atoms with Gasteiger partial charge >= 0.3 is 0 Å². The fraction of sp³-hybridized carbons (Fsp3) is 0.0714. The summed E-state index contributed by atoms with van der Waals surface area (Å²) in [7, 11) is -3.71. The first kappa shape index (κ1) is 15.6. The van der Waals surface area contributed by atoms with Crippen molar-refractivity contribution >= 4 is 21.4 Å². The number of pyridine rings is 1. The van der Waals surface area contributed by atoms with Crippen LogP contribution in [0.5, 0.6) is 0 Å². The van der Waals surface area contributed by atoms with E-state index in [0.717, 1.165) is 18.4 Å². The molecule has 1 heterocycles. The average molecular weight is 319 g/mol. The Balaban J connectivity index is 2.34. The fourth-order valence-corrected chi connectivity index (χ4v) is 2.54. The van der Waals surface area contributed by atoms with Crippen molar-refractivity contribution in [3.63, 3.8) is 0 Å². The van der Waals surface area contributed by atoms with Crippen LogP contribution in [0.15, 0.2) is 41.4 Å². The van der Waals surface area contributed by atoms with E-state index in [9.17, 15) is 17.6 Å². The number of halogens is 1. The number of nitriles is 1. The zero-order valence-electron chi connectivity index (χ0n) is 11.4. The summed E-state index contributed by atoms with van der Waals surface area (Å²) in [5.41, 5.74) is 0.260. The molecule has 1 aromatic carbocycles. The summed E-state index contributed by atoms with van der Waals surface area (Å²) >= 11 is 0. The van der Waals surface area contributed by atoms with Crippen molar-refractivity contribution in [2.24, 2.45) is 0 Å². The molecule has 0 saturated carbocycles. The number of nitrogens with zero attached hydrogens (tertiary/aromatic N) is 2. The molecule has 2 aromatic rings. The van der Waals surface area contributed by atoms with E-state index in [1.807, 2.05) is 6.07 Å². The summed E-state index contributed by atoms with van der Waals surface area (Å²) in [4.78, 5) is 15.5. The maximum absolute atomic E-state index is 13.2. The van der Waals surface area contributed by atoms with Gasteiger partial charge in [-0.15, -0.1) is 0 Å². The van der Waals surface area contributed by atoms with E-state index in [2.05, 4.69) is 10.3 Å². The minimum absolute atomic E-state index is 0.0294. The number of amides is 1. The third-order valence-electron chi connectivity index (χ3n) is 2.73. The van der Waals surface area contributed by atoms with Crippen LogP contribution < -0.4 is 5.32 Å². The second-order valence-corrected chi connectivity index (χ2v) is 6.39. The lowest BCUT2D eigenvalue weighted by Crippen LogP contribution is -2.15. The van der Waals surface area contributed by atoms with Crippen molar-refractivity contribution in [3.8, 4) is 6.07 Å². The predicted octanol–water partition coefficient (Wildman–Crippen LogP) is 1.75. The van der Waals surface area contributed by atoms with Crippen LogP contribution in [0, 0.1) is 17.1 Å². The van der Waals surface area contributed by atoms with Gasteiger partial charge in [0.1, 0.15) is 17.6 Å². The number of hydrogen-bond acceptors (Lipinski definition) is 5. The van der Waals surface area contributed by atoms with E-state index >= 15 is 0 Å². The number of sulfone groups is 1. The first-order valence-corrected chi connectivity index (χ1v) is 7.87. The zero-order chi connectivity index (χ0) is 16.3. The van der Waals surface area contributed by atoms with Crippen LogP contribution in [-0.2, 0) is 9.84 Å². The second kappa shape index (κ2) is 5.91. The van der Waals surface area contributed by atoms with E-state index in [4.69, 9.17) is 5.26 Å². The highest BCUT2D eigenvalue weighted by molar-refractivity contribution is 7.90. The highest BCUT2D eigenvalue weighted by Gasteiger charge is 2.17. The monoisotopic (exact) mass is 319 g/mol. The topological polar surface area (TPSA) is 99.9 Å². The number of rotatable bonds is 3. The molecule has 0 saturated heterocycles. The van der Waals surface area contributed by atoms with Gasteiger partial charge in [-0.1, -0.05) is 0 Å². The first-order chi connectivity index (χ1) is 10.3. The molecule has 112 valence electrons. The molecule has 0 atom stereocenters. The summed E-state index contributed by atoms with van der Waals surface area (Å²) in [6.45, 7) is 0. The Morgan fingerprint density at radius 3 is 2.59 bits per heavy atom. The molecule has 0 radical (unpaired) electrons. The van der Waals surface area contributed by atoms with E-state index < -0.39 is 21.6 Å². The summed E-state index contributed by atoms with van der Waals surface area (Å²) in [6.07, 6.45) is 2.11. The van der Waals surface area contributed by atoms with Gasteiger partial charge in [0, 0.05) is 12.5 Å². The molecule has 0 bridgehead atoms. The Bertz CT molecular complexity index is 871. The molecule has 6 nitrogen and oxygen atoms in total. The number of nitrogens with one attached hydrogen (secondary N) is 1. The number of aromatic nitrogens is 1. The Morgan fingerprint density at radius 1 is 1.32 bits per heavy atom. The number of benzene rings is 1. The standard InChI is InChI=1S/C14H10FN3O3S/c1-22(20,21)13-6-10(15)3-5-12(13)18-14(19)9-2-4-11(7-16)17-8-9/h2-6,8H,1H3,(H,18,19). The van der Waals surface area contributed by atoms with E-state index in [0.29, 0.717) is 0 Å². The number of carbonyl (C=O) groups is 1. The molecular formula is C14H10FN3O3S. The van der Waals surface area contributed by atoms with Gasteiger partial charge in [0.25, 0.3) is 5.91 Å². The molecule has 0 spiro atoms. The molecule has 1 amide bonds. The van der Waals surface area contributed by atoms with Gasteiger partial charge in [-0.05, 0) is 30.3 Å². The van der Waals surface area contributed by atoms with Crippen LogP contribution in [0.3, 0.4) is 0 Å². The molecule has 0 aliphatic heterocycles. The minimum Gasteiger partial charge on any atom is -0.321 e. The Labute approximate surface area is 126 Å². The molecule has 8 heteroatoms. The lowest BCUT2D eigenvalue weighted by molar-refractivity contribution is 0.102. The van der Waals surface area contributed by atoms with Crippen LogP contribution >= 0.6 is 0 Å². The molecule has 22 heavy (non-hydrogen) atoms. The van der Waals surface area contributed by atoms with Crippen molar-refractivity contribution < 1.29 is 17.6 Å². The summed E-state index contributed by atoms with van der Waals surface area (Å²) in [5.74, 6) is -1.34. The maximum Gasteiger partial charge on any atom is 0.257 e. The van der Waals surface area contributed by atoms with E-state index in [1.165, 1.54) is 24.4 Å². The molecule has 1 aromatic heterocycles. The molecule has 0 aliphatic carbocycles. The van der Waals surface area contributed by atoms with Crippen LogP contribution in [0.2, 0.25) is 0 Å². The van der Waals surface area contributed by atoms with Crippen molar-refractivity contribution in [1.82, 2.24) is 4.98 Å². The van der Waals surface area contributed by atoms with Crippen LogP contribution in [-0.4, -0.2) is 25.6 Å². The summed E-state index contributed by atoms with van der Waals surface area (Å²) < 4.78 is 36.5. The second-order valence-electron chi connectivity index (χ2n) is 4.41. The third-order valence-corrected chi connectivity index (χ3v) is 3.87. The van der Waals surface area contributed by atoms with Crippen molar-refractivity contribution in [2.75, 3.05) is 11.6 Å². The minimum atomic E-state index is -3.71. The third kappa shape index (κ3) is 3.45. The summed E-state index contributed by atoms with van der Waals surface area (Å²) in [5, 5.41) is 11.0. The molecule has 0 unspecified atom stereocenters.